The normalized spacial score (nSPS) is 15.3. The lowest BCUT2D eigenvalue weighted by atomic mass is 10.1. The minimum atomic E-state index is 0.283. The molecule has 0 saturated carbocycles. The summed E-state index contributed by atoms with van der Waals surface area (Å²) >= 11 is 0. The van der Waals surface area contributed by atoms with Gasteiger partial charge in [0.25, 0.3) is 0 Å². The van der Waals surface area contributed by atoms with Crippen LogP contribution >= 0.6 is 0 Å². The number of nitrogens with one attached hydrogen (secondary N) is 1. The van der Waals surface area contributed by atoms with Crippen molar-refractivity contribution in [2.24, 2.45) is 5.10 Å². The maximum Gasteiger partial charge on any atom is 0.152 e. The quantitative estimate of drug-likeness (QED) is 0.657. The maximum atomic E-state index is 9.63. The average Bonchev–Trinajstić information content (AvgIpc) is 2.62. The van der Waals surface area contributed by atoms with Gasteiger partial charge < -0.3 is 14.7 Å². The number of morpholine rings is 1. The molecule has 0 spiro atoms. The number of hydrazone groups is 1. The Morgan fingerprint density at radius 1 is 1.20 bits per heavy atom. The Kier molecular flexibility index (Phi) is 5.14. The third-order valence-corrected chi connectivity index (χ3v) is 4.11. The van der Waals surface area contributed by atoms with Crippen LogP contribution in [0.4, 0.5) is 11.6 Å². The number of phenolic OH excluding ortho intramolecular Hbond substituents is 1. The third-order valence-electron chi connectivity index (χ3n) is 4.11. The second-order valence-electron chi connectivity index (χ2n) is 6.07. The van der Waals surface area contributed by atoms with Crippen molar-refractivity contribution < 1.29 is 9.84 Å². The molecule has 1 aromatic heterocycles. The standard InChI is InChI=1S/C18H23N5O2/c1-12-10-15(4-5-16(12)24)13(2)21-22-17-11-18(20-14(3)19-17)23-6-8-25-9-7-23/h4-5,10-11,24H,6-9H2,1-3H3,(H,19,20,22). The predicted octanol–water partition coefficient (Wildman–Crippen LogP) is 2.47. The van der Waals surface area contributed by atoms with Gasteiger partial charge in [0.15, 0.2) is 5.82 Å². The number of rotatable bonds is 4. The van der Waals surface area contributed by atoms with Crippen LogP contribution in [0.1, 0.15) is 23.9 Å². The zero-order chi connectivity index (χ0) is 17.8. The first-order valence-electron chi connectivity index (χ1n) is 8.31. The van der Waals surface area contributed by atoms with Gasteiger partial charge in [-0.2, -0.15) is 5.10 Å². The topological polar surface area (TPSA) is 82.9 Å². The fraction of sp³-hybridized carbons (Fsp3) is 0.389. The van der Waals surface area contributed by atoms with Crippen LogP contribution in [0.5, 0.6) is 5.75 Å². The fourth-order valence-corrected chi connectivity index (χ4v) is 2.65. The van der Waals surface area contributed by atoms with Crippen molar-refractivity contribution >= 4 is 17.3 Å². The molecular formula is C18H23N5O2. The van der Waals surface area contributed by atoms with Crippen LogP contribution in [0, 0.1) is 13.8 Å². The first-order chi connectivity index (χ1) is 12.0. The summed E-state index contributed by atoms with van der Waals surface area (Å²) in [6, 6.07) is 7.32. The van der Waals surface area contributed by atoms with Gasteiger partial charge in [-0.15, -0.1) is 0 Å². The SMILES string of the molecule is CC(=NNc1cc(N2CCOCC2)nc(C)n1)c1ccc(O)c(C)c1. The van der Waals surface area contributed by atoms with E-state index in [0.29, 0.717) is 24.9 Å². The molecule has 0 atom stereocenters. The van der Waals surface area contributed by atoms with E-state index in [1.165, 1.54) is 0 Å². The van der Waals surface area contributed by atoms with Crippen molar-refractivity contribution in [3.8, 4) is 5.75 Å². The lowest BCUT2D eigenvalue weighted by Crippen LogP contribution is -2.36. The van der Waals surface area contributed by atoms with Gasteiger partial charge in [-0.1, -0.05) is 0 Å². The highest BCUT2D eigenvalue weighted by Gasteiger charge is 2.14. The largest absolute Gasteiger partial charge is 0.508 e. The molecule has 3 rings (SSSR count). The van der Waals surface area contributed by atoms with Gasteiger partial charge in [0, 0.05) is 19.2 Å². The highest BCUT2D eigenvalue weighted by Crippen LogP contribution is 2.19. The Labute approximate surface area is 147 Å². The number of nitrogens with zero attached hydrogens (tertiary/aromatic N) is 4. The van der Waals surface area contributed by atoms with Crippen LogP contribution in [0.3, 0.4) is 0 Å². The summed E-state index contributed by atoms with van der Waals surface area (Å²) in [5.41, 5.74) is 5.59. The summed E-state index contributed by atoms with van der Waals surface area (Å²) in [6.45, 7) is 8.72. The van der Waals surface area contributed by atoms with Gasteiger partial charge in [-0.25, -0.2) is 9.97 Å². The molecule has 2 heterocycles. The van der Waals surface area contributed by atoms with Crippen LogP contribution in [0.15, 0.2) is 29.4 Å². The molecule has 1 saturated heterocycles. The van der Waals surface area contributed by atoms with E-state index < -0.39 is 0 Å². The molecule has 1 aliphatic rings. The van der Waals surface area contributed by atoms with E-state index in [-0.39, 0.29) is 5.75 Å². The summed E-state index contributed by atoms with van der Waals surface area (Å²) in [5.74, 6) is 2.52. The number of ether oxygens (including phenoxy) is 1. The first kappa shape index (κ1) is 17.2. The van der Waals surface area contributed by atoms with Crippen LogP contribution in [-0.4, -0.2) is 47.1 Å². The fourth-order valence-electron chi connectivity index (χ4n) is 2.65. The molecule has 2 N–H and O–H groups in total. The summed E-state index contributed by atoms with van der Waals surface area (Å²) in [4.78, 5) is 11.1. The molecular weight excluding hydrogens is 318 g/mol. The number of benzene rings is 1. The molecule has 25 heavy (non-hydrogen) atoms. The molecule has 0 bridgehead atoms. The maximum absolute atomic E-state index is 9.63. The van der Waals surface area contributed by atoms with E-state index in [9.17, 15) is 5.11 Å². The van der Waals surface area contributed by atoms with E-state index in [2.05, 4.69) is 25.4 Å². The minimum absolute atomic E-state index is 0.283. The highest BCUT2D eigenvalue weighted by atomic mass is 16.5. The summed E-state index contributed by atoms with van der Waals surface area (Å²) in [7, 11) is 0. The highest BCUT2D eigenvalue weighted by molar-refractivity contribution is 5.99. The monoisotopic (exact) mass is 341 g/mol. The number of aryl methyl sites for hydroxylation is 2. The van der Waals surface area contributed by atoms with Crippen molar-refractivity contribution in [2.75, 3.05) is 36.6 Å². The van der Waals surface area contributed by atoms with Gasteiger partial charge in [-0.05, 0) is 50.1 Å². The summed E-state index contributed by atoms with van der Waals surface area (Å²) in [5, 5.41) is 14.0. The van der Waals surface area contributed by atoms with Crippen LogP contribution in [0.2, 0.25) is 0 Å². The van der Waals surface area contributed by atoms with Crippen molar-refractivity contribution in [3.05, 3.63) is 41.2 Å². The van der Waals surface area contributed by atoms with Gasteiger partial charge in [-0.3, -0.25) is 5.43 Å². The lowest BCUT2D eigenvalue weighted by molar-refractivity contribution is 0.122. The third kappa shape index (κ3) is 4.24. The van der Waals surface area contributed by atoms with Gasteiger partial charge in [0.1, 0.15) is 17.4 Å². The Morgan fingerprint density at radius 2 is 1.96 bits per heavy atom. The molecule has 132 valence electrons. The van der Waals surface area contributed by atoms with Crippen LogP contribution < -0.4 is 10.3 Å². The number of aromatic hydroxyl groups is 1. The first-order valence-corrected chi connectivity index (χ1v) is 8.31. The van der Waals surface area contributed by atoms with Crippen molar-refractivity contribution in [2.45, 2.75) is 20.8 Å². The Morgan fingerprint density at radius 3 is 2.68 bits per heavy atom. The molecule has 0 radical (unpaired) electrons. The molecule has 7 nitrogen and oxygen atoms in total. The van der Waals surface area contributed by atoms with Crippen LogP contribution in [0.25, 0.3) is 0 Å². The number of hydrogen-bond donors (Lipinski definition) is 2. The van der Waals surface area contributed by atoms with E-state index in [4.69, 9.17) is 4.74 Å². The molecule has 1 fully saturated rings. The zero-order valence-electron chi connectivity index (χ0n) is 14.8. The lowest BCUT2D eigenvalue weighted by Gasteiger charge is -2.28. The molecule has 1 aliphatic heterocycles. The Bertz CT molecular complexity index is 785. The van der Waals surface area contributed by atoms with Crippen LogP contribution in [-0.2, 0) is 4.74 Å². The van der Waals surface area contributed by atoms with Gasteiger partial charge in [0.05, 0.1) is 18.9 Å². The number of aromatic nitrogens is 2. The second kappa shape index (κ2) is 7.48. The smallest absolute Gasteiger partial charge is 0.152 e. The minimum Gasteiger partial charge on any atom is -0.508 e. The van der Waals surface area contributed by atoms with E-state index in [1.807, 2.05) is 39.0 Å². The molecule has 2 aromatic rings. The molecule has 0 amide bonds. The number of anilines is 2. The van der Waals surface area contributed by atoms with E-state index in [0.717, 1.165) is 35.7 Å². The second-order valence-corrected chi connectivity index (χ2v) is 6.07. The van der Waals surface area contributed by atoms with E-state index in [1.54, 1.807) is 6.07 Å². The van der Waals surface area contributed by atoms with Crippen molar-refractivity contribution in [1.82, 2.24) is 9.97 Å². The van der Waals surface area contributed by atoms with Gasteiger partial charge >= 0.3 is 0 Å². The number of hydrogen-bond acceptors (Lipinski definition) is 7. The zero-order valence-corrected chi connectivity index (χ0v) is 14.8. The number of phenols is 1. The Hall–Kier alpha value is -2.67. The molecule has 1 aromatic carbocycles. The summed E-state index contributed by atoms with van der Waals surface area (Å²) < 4.78 is 5.39. The molecule has 0 unspecified atom stereocenters. The van der Waals surface area contributed by atoms with E-state index >= 15 is 0 Å². The Balaban J connectivity index is 1.77. The summed E-state index contributed by atoms with van der Waals surface area (Å²) in [6.07, 6.45) is 0. The molecule has 0 aliphatic carbocycles. The van der Waals surface area contributed by atoms with Gasteiger partial charge in [0.2, 0.25) is 0 Å². The van der Waals surface area contributed by atoms with Crippen molar-refractivity contribution in [3.63, 3.8) is 0 Å². The van der Waals surface area contributed by atoms with Crippen molar-refractivity contribution in [1.29, 1.82) is 0 Å². The average molecular weight is 341 g/mol. The predicted molar refractivity (Wildman–Crippen MR) is 98.5 cm³/mol. The molecule has 7 heteroatoms.